The van der Waals surface area contributed by atoms with Gasteiger partial charge in [-0.25, -0.2) is 8.42 Å². The lowest BCUT2D eigenvalue weighted by Gasteiger charge is -2.20. The number of fused-ring (bicyclic) bond motifs is 1. The Morgan fingerprint density at radius 2 is 1.96 bits per heavy atom. The molecule has 1 amide bonds. The monoisotopic (exact) mass is 378 g/mol. The van der Waals surface area contributed by atoms with Crippen LogP contribution >= 0.6 is 11.3 Å². The minimum atomic E-state index is -3.48. The molecule has 5 nitrogen and oxygen atoms in total. The number of rotatable bonds is 5. The number of carbonyl (C=O) groups excluding carboxylic acids is 1. The Labute approximate surface area is 152 Å². The fourth-order valence-corrected chi connectivity index (χ4v) is 5.56. The van der Waals surface area contributed by atoms with Crippen LogP contribution in [0, 0.1) is 6.92 Å². The van der Waals surface area contributed by atoms with Gasteiger partial charge in [0.15, 0.2) is 0 Å². The molecule has 0 radical (unpaired) electrons. The van der Waals surface area contributed by atoms with E-state index in [2.05, 4.69) is 0 Å². The summed E-state index contributed by atoms with van der Waals surface area (Å²) in [5, 5.41) is 1.92. The maximum absolute atomic E-state index is 12.8. The van der Waals surface area contributed by atoms with Gasteiger partial charge in [0, 0.05) is 25.3 Å². The van der Waals surface area contributed by atoms with Gasteiger partial charge in [-0.2, -0.15) is 4.31 Å². The van der Waals surface area contributed by atoms with Crippen LogP contribution in [0.2, 0.25) is 0 Å². The van der Waals surface area contributed by atoms with Crippen LogP contribution in [0.15, 0.2) is 34.5 Å². The van der Waals surface area contributed by atoms with Crippen molar-refractivity contribution < 1.29 is 13.2 Å². The molecule has 0 aliphatic carbocycles. The lowest BCUT2D eigenvalue weighted by molar-refractivity contribution is 0.0992. The number of hydrogen-bond donors (Lipinski definition) is 0. The van der Waals surface area contributed by atoms with Crippen LogP contribution in [0.25, 0.3) is 0 Å². The van der Waals surface area contributed by atoms with E-state index in [1.807, 2.05) is 32.2 Å². The molecule has 3 rings (SSSR count). The van der Waals surface area contributed by atoms with Gasteiger partial charge in [0.25, 0.3) is 5.91 Å². The second-order valence-corrected chi connectivity index (χ2v) is 8.87. The van der Waals surface area contributed by atoms with Gasteiger partial charge < -0.3 is 4.90 Å². The number of thiophene rings is 1. The van der Waals surface area contributed by atoms with Gasteiger partial charge >= 0.3 is 0 Å². The Bertz CT molecular complexity index is 899. The summed E-state index contributed by atoms with van der Waals surface area (Å²) < 4.78 is 26.8. The lowest BCUT2D eigenvalue weighted by atomic mass is 10.2. The van der Waals surface area contributed by atoms with Crippen molar-refractivity contribution in [2.45, 2.75) is 32.1 Å². The second kappa shape index (κ2) is 6.90. The molecular formula is C18H22N2O3S2. The predicted molar refractivity (Wildman–Crippen MR) is 101 cm³/mol. The van der Waals surface area contributed by atoms with Gasteiger partial charge in [-0.3, -0.25) is 4.79 Å². The van der Waals surface area contributed by atoms with E-state index in [0.717, 1.165) is 21.7 Å². The van der Waals surface area contributed by atoms with Crippen LogP contribution in [0.1, 0.15) is 34.6 Å². The molecule has 134 valence electrons. The number of anilines is 1. The van der Waals surface area contributed by atoms with E-state index in [-0.39, 0.29) is 5.91 Å². The van der Waals surface area contributed by atoms with Gasteiger partial charge in [0.05, 0.1) is 9.77 Å². The summed E-state index contributed by atoms with van der Waals surface area (Å²) in [6.45, 7) is 7.06. The predicted octanol–water partition coefficient (Wildman–Crippen LogP) is 3.29. The van der Waals surface area contributed by atoms with Gasteiger partial charge in [-0.1, -0.05) is 13.8 Å². The first-order valence-corrected chi connectivity index (χ1v) is 10.7. The highest BCUT2D eigenvalue weighted by atomic mass is 32.2. The summed E-state index contributed by atoms with van der Waals surface area (Å²) in [6, 6.07) is 7.03. The number of amides is 1. The molecule has 0 spiro atoms. The maximum atomic E-state index is 12.8. The topological polar surface area (TPSA) is 57.7 Å². The van der Waals surface area contributed by atoms with Crippen molar-refractivity contribution >= 4 is 33.0 Å². The summed E-state index contributed by atoms with van der Waals surface area (Å²) in [6.07, 6.45) is 0.674. The summed E-state index contributed by atoms with van der Waals surface area (Å²) in [5.74, 6) is -0.00870. The molecule has 0 unspecified atom stereocenters. The SMILES string of the molecule is CCN(CC)S(=O)(=O)c1ccc2c(c1)CCN2C(=O)c1sccc1C. The summed E-state index contributed by atoms with van der Waals surface area (Å²) in [5.41, 5.74) is 2.70. The van der Waals surface area contributed by atoms with E-state index in [1.54, 1.807) is 23.1 Å². The average Bonchev–Trinajstić information content (AvgIpc) is 3.20. The average molecular weight is 379 g/mol. The highest BCUT2D eigenvalue weighted by Gasteiger charge is 2.29. The van der Waals surface area contributed by atoms with E-state index < -0.39 is 10.0 Å². The maximum Gasteiger partial charge on any atom is 0.268 e. The normalized spacial score (nSPS) is 14.2. The second-order valence-electron chi connectivity index (χ2n) is 6.02. The third-order valence-electron chi connectivity index (χ3n) is 4.59. The van der Waals surface area contributed by atoms with Crippen LogP contribution in [0.3, 0.4) is 0 Å². The number of nitrogens with zero attached hydrogens (tertiary/aromatic N) is 2. The van der Waals surface area contributed by atoms with Gasteiger partial charge in [0.2, 0.25) is 10.0 Å². The van der Waals surface area contributed by atoms with E-state index >= 15 is 0 Å². The van der Waals surface area contributed by atoms with Crippen molar-refractivity contribution in [3.63, 3.8) is 0 Å². The highest BCUT2D eigenvalue weighted by Crippen LogP contribution is 2.33. The van der Waals surface area contributed by atoms with Crippen molar-refractivity contribution in [3.8, 4) is 0 Å². The van der Waals surface area contributed by atoms with E-state index in [4.69, 9.17) is 0 Å². The molecule has 2 aromatic rings. The Kier molecular flexibility index (Phi) is 4.99. The van der Waals surface area contributed by atoms with Crippen LogP contribution in [0.5, 0.6) is 0 Å². The molecule has 1 aromatic heterocycles. The molecule has 25 heavy (non-hydrogen) atoms. The standard InChI is InChI=1S/C18H22N2O3S2/c1-4-19(5-2)25(22,23)15-6-7-16-14(12-15)8-10-20(16)18(21)17-13(3)9-11-24-17/h6-7,9,11-12H,4-5,8,10H2,1-3H3. The number of benzene rings is 1. The largest absolute Gasteiger partial charge is 0.307 e. The molecule has 1 aromatic carbocycles. The Morgan fingerprint density at radius 1 is 1.24 bits per heavy atom. The molecule has 0 fully saturated rings. The third-order valence-corrected chi connectivity index (χ3v) is 7.64. The quantitative estimate of drug-likeness (QED) is 0.802. The molecule has 0 atom stereocenters. The van der Waals surface area contributed by atoms with Crippen LogP contribution in [0.4, 0.5) is 5.69 Å². The van der Waals surface area contributed by atoms with Crippen LogP contribution in [-0.2, 0) is 16.4 Å². The van der Waals surface area contributed by atoms with E-state index in [1.165, 1.54) is 15.6 Å². The molecule has 0 saturated heterocycles. The molecule has 0 N–H and O–H groups in total. The third kappa shape index (κ3) is 3.12. The molecule has 1 aliphatic heterocycles. The van der Waals surface area contributed by atoms with Crippen LogP contribution in [-0.4, -0.2) is 38.3 Å². The summed E-state index contributed by atoms with van der Waals surface area (Å²) in [7, 11) is -3.48. The zero-order valence-corrected chi connectivity index (χ0v) is 16.3. The molecule has 0 bridgehead atoms. The molecule has 2 heterocycles. The minimum Gasteiger partial charge on any atom is -0.307 e. The molecule has 1 aliphatic rings. The number of sulfonamides is 1. The molecular weight excluding hydrogens is 356 g/mol. The fraction of sp³-hybridized carbons (Fsp3) is 0.389. The first-order valence-electron chi connectivity index (χ1n) is 8.39. The first-order chi connectivity index (χ1) is 11.9. The van der Waals surface area contributed by atoms with Gasteiger partial charge in [-0.05, 0) is 54.1 Å². The first kappa shape index (κ1) is 18.1. The van der Waals surface area contributed by atoms with Crippen LogP contribution < -0.4 is 4.90 Å². The van der Waals surface area contributed by atoms with Crippen molar-refractivity contribution in [2.75, 3.05) is 24.5 Å². The van der Waals surface area contributed by atoms with E-state index in [9.17, 15) is 13.2 Å². The van der Waals surface area contributed by atoms with Crippen molar-refractivity contribution in [3.05, 3.63) is 45.6 Å². The smallest absolute Gasteiger partial charge is 0.268 e. The van der Waals surface area contributed by atoms with Gasteiger partial charge in [-0.15, -0.1) is 11.3 Å². The van der Waals surface area contributed by atoms with Crippen molar-refractivity contribution in [2.24, 2.45) is 0 Å². The number of aryl methyl sites for hydroxylation is 1. The highest BCUT2D eigenvalue weighted by molar-refractivity contribution is 7.89. The van der Waals surface area contributed by atoms with Gasteiger partial charge in [0.1, 0.15) is 0 Å². The molecule has 7 heteroatoms. The Hall–Kier alpha value is -1.70. The fourth-order valence-electron chi connectivity index (χ4n) is 3.18. The van der Waals surface area contributed by atoms with Crippen molar-refractivity contribution in [1.29, 1.82) is 0 Å². The Balaban J connectivity index is 1.94. The van der Waals surface area contributed by atoms with Crippen molar-refractivity contribution in [1.82, 2.24) is 4.31 Å². The summed E-state index contributed by atoms with van der Waals surface area (Å²) in [4.78, 5) is 15.6. The molecule has 0 saturated carbocycles. The zero-order valence-electron chi connectivity index (χ0n) is 14.7. The summed E-state index contributed by atoms with van der Waals surface area (Å²) >= 11 is 1.44. The number of hydrogen-bond acceptors (Lipinski definition) is 4. The lowest BCUT2D eigenvalue weighted by Crippen LogP contribution is -2.30. The number of carbonyl (C=O) groups is 1. The zero-order chi connectivity index (χ0) is 18.2. The Morgan fingerprint density at radius 3 is 2.56 bits per heavy atom. The minimum absolute atomic E-state index is 0.00870. The van der Waals surface area contributed by atoms with E-state index in [0.29, 0.717) is 31.0 Å².